The molecule has 2 rings (SSSR count). The molecule has 1 aromatic rings. The molecule has 0 aliphatic heterocycles. The number of phenolic OH excluding ortho intramolecular Hbond substituents is 1. The van der Waals surface area contributed by atoms with Crippen molar-refractivity contribution in [2.24, 2.45) is 0 Å². The number of nitrogens with zero attached hydrogens (tertiary/aromatic N) is 1. The molecule has 0 amide bonds. The van der Waals surface area contributed by atoms with E-state index in [-0.39, 0.29) is 0 Å². The van der Waals surface area contributed by atoms with Crippen LogP contribution in [0.5, 0.6) is 5.75 Å². The van der Waals surface area contributed by atoms with E-state index in [2.05, 4.69) is 31.7 Å². The van der Waals surface area contributed by atoms with Crippen molar-refractivity contribution in [1.29, 1.82) is 0 Å². The van der Waals surface area contributed by atoms with Gasteiger partial charge in [0.05, 0.1) is 0 Å². The number of rotatable bonds is 4. The summed E-state index contributed by atoms with van der Waals surface area (Å²) < 4.78 is 0. The van der Waals surface area contributed by atoms with Crippen molar-refractivity contribution < 1.29 is 5.11 Å². The van der Waals surface area contributed by atoms with Gasteiger partial charge in [-0.3, -0.25) is 4.90 Å². The zero-order chi connectivity index (χ0) is 13.1. The number of benzene rings is 1. The standard InChI is InChI=1S/C16H25NO/c1-4-10-17(12(2)3)16-7-5-6-13-8-9-14(18)11-15(13)16/h8-9,11-12,16,18H,4-7,10H2,1-3H3. The molecule has 1 aliphatic rings. The maximum atomic E-state index is 9.74. The number of hydrogen-bond donors (Lipinski definition) is 1. The third-order valence-corrected chi connectivity index (χ3v) is 3.96. The van der Waals surface area contributed by atoms with E-state index in [0.717, 1.165) is 13.0 Å². The van der Waals surface area contributed by atoms with Gasteiger partial charge in [0.2, 0.25) is 0 Å². The molecule has 1 N–H and O–H groups in total. The van der Waals surface area contributed by atoms with E-state index in [1.54, 1.807) is 0 Å². The van der Waals surface area contributed by atoms with Crippen molar-refractivity contribution in [2.45, 2.75) is 58.5 Å². The van der Waals surface area contributed by atoms with Gasteiger partial charge in [-0.15, -0.1) is 0 Å². The van der Waals surface area contributed by atoms with E-state index in [4.69, 9.17) is 0 Å². The molecular formula is C16H25NO. The lowest BCUT2D eigenvalue weighted by Gasteiger charge is -2.38. The Kier molecular flexibility index (Phi) is 4.28. The Labute approximate surface area is 111 Å². The Hall–Kier alpha value is -1.02. The Bertz CT molecular complexity index is 400. The minimum atomic E-state index is 0.404. The molecule has 1 unspecified atom stereocenters. The second-order valence-corrected chi connectivity index (χ2v) is 5.62. The highest BCUT2D eigenvalue weighted by Crippen LogP contribution is 2.37. The highest BCUT2D eigenvalue weighted by Gasteiger charge is 2.27. The van der Waals surface area contributed by atoms with Crippen molar-refractivity contribution in [2.75, 3.05) is 6.54 Å². The van der Waals surface area contributed by atoms with Crippen LogP contribution >= 0.6 is 0 Å². The van der Waals surface area contributed by atoms with Gasteiger partial charge in [-0.2, -0.15) is 0 Å². The van der Waals surface area contributed by atoms with Crippen LogP contribution < -0.4 is 0 Å². The summed E-state index contributed by atoms with van der Waals surface area (Å²) in [4.78, 5) is 2.58. The first-order valence-corrected chi connectivity index (χ1v) is 7.21. The zero-order valence-corrected chi connectivity index (χ0v) is 11.8. The minimum absolute atomic E-state index is 0.404. The van der Waals surface area contributed by atoms with Crippen LogP contribution in [0, 0.1) is 0 Å². The van der Waals surface area contributed by atoms with Crippen LogP contribution in [0.4, 0.5) is 0 Å². The molecule has 0 heterocycles. The van der Waals surface area contributed by atoms with Gasteiger partial charge in [0.1, 0.15) is 5.75 Å². The van der Waals surface area contributed by atoms with Crippen molar-refractivity contribution in [3.05, 3.63) is 29.3 Å². The molecular weight excluding hydrogens is 222 g/mol. The summed E-state index contributed by atoms with van der Waals surface area (Å²) in [5.74, 6) is 0.404. The Morgan fingerprint density at radius 3 is 2.83 bits per heavy atom. The van der Waals surface area contributed by atoms with Gasteiger partial charge >= 0.3 is 0 Å². The molecule has 0 fully saturated rings. The normalized spacial score (nSPS) is 19.3. The molecule has 100 valence electrons. The van der Waals surface area contributed by atoms with Crippen molar-refractivity contribution in [3.63, 3.8) is 0 Å². The SMILES string of the molecule is CCCN(C(C)C)C1CCCc2ccc(O)cc21. The number of aryl methyl sites for hydroxylation is 1. The molecule has 0 saturated carbocycles. The van der Waals surface area contributed by atoms with Crippen LogP contribution in [0.1, 0.15) is 57.2 Å². The third kappa shape index (κ3) is 2.69. The van der Waals surface area contributed by atoms with Gasteiger partial charge < -0.3 is 5.11 Å². The van der Waals surface area contributed by atoms with Crippen molar-refractivity contribution >= 4 is 0 Å². The van der Waals surface area contributed by atoms with Gasteiger partial charge in [-0.1, -0.05) is 13.0 Å². The average Bonchev–Trinajstić information content (AvgIpc) is 2.35. The van der Waals surface area contributed by atoms with Gasteiger partial charge in [0, 0.05) is 12.1 Å². The highest BCUT2D eigenvalue weighted by atomic mass is 16.3. The van der Waals surface area contributed by atoms with Gasteiger partial charge in [0.25, 0.3) is 0 Å². The third-order valence-electron chi connectivity index (χ3n) is 3.96. The van der Waals surface area contributed by atoms with Crippen molar-refractivity contribution in [3.8, 4) is 5.75 Å². The van der Waals surface area contributed by atoms with E-state index in [0.29, 0.717) is 17.8 Å². The summed E-state index contributed by atoms with van der Waals surface area (Å²) in [6, 6.07) is 6.94. The second-order valence-electron chi connectivity index (χ2n) is 5.62. The maximum Gasteiger partial charge on any atom is 0.115 e. The van der Waals surface area contributed by atoms with Gasteiger partial charge in [0.15, 0.2) is 0 Å². The van der Waals surface area contributed by atoms with E-state index in [9.17, 15) is 5.11 Å². The van der Waals surface area contributed by atoms with Crippen molar-refractivity contribution in [1.82, 2.24) is 4.90 Å². The average molecular weight is 247 g/mol. The fourth-order valence-corrected chi connectivity index (χ4v) is 3.14. The largest absolute Gasteiger partial charge is 0.508 e. The van der Waals surface area contributed by atoms with Gasteiger partial charge in [-0.25, -0.2) is 0 Å². The number of fused-ring (bicyclic) bond motifs is 1. The summed E-state index contributed by atoms with van der Waals surface area (Å²) in [6.07, 6.45) is 4.82. The first-order valence-electron chi connectivity index (χ1n) is 7.21. The topological polar surface area (TPSA) is 23.5 Å². The van der Waals surface area contributed by atoms with E-state index < -0.39 is 0 Å². The molecule has 2 nitrogen and oxygen atoms in total. The molecule has 0 spiro atoms. The molecule has 1 aromatic carbocycles. The second kappa shape index (κ2) is 5.75. The Morgan fingerprint density at radius 1 is 1.39 bits per heavy atom. The summed E-state index contributed by atoms with van der Waals surface area (Å²) in [6.45, 7) is 7.92. The molecule has 18 heavy (non-hydrogen) atoms. The number of aromatic hydroxyl groups is 1. The monoisotopic (exact) mass is 247 g/mol. The van der Waals surface area contributed by atoms with Crippen LogP contribution in [0.15, 0.2) is 18.2 Å². The molecule has 0 bridgehead atoms. The molecule has 1 atom stereocenters. The first kappa shape index (κ1) is 13.4. The number of phenols is 1. The van der Waals surface area contributed by atoms with Crippen LogP contribution in [-0.4, -0.2) is 22.6 Å². The quantitative estimate of drug-likeness (QED) is 0.872. The molecule has 1 aliphatic carbocycles. The predicted octanol–water partition coefficient (Wildman–Crippen LogP) is 3.89. The smallest absolute Gasteiger partial charge is 0.115 e. The van der Waals surface area contributed by atoms with Crippen LogP contribution in [0.2, 0.25) is 0 Å². The lowest BCUT2D eigenvalue weighted by Crippen LogP contribution is -2.37. The van der Waals surface area contributed by atoms with E-state index in [1.165, 1.54) is 30.4 Å². The maximum absolute atomic E-state index is 9.74. The summed E-state index contributed by atoms with van der Waals surface area (Å²) in [5, 5.41) is 9.74. The Balaban J connectivity index is 2.32. The van der Waals surface area contributed by atoms with Crippen LogP contribution in [0.25, 0.3) is 0 Å². The minimum Gasteiger partial charge on any atom is -0.508 e. The lowest BCUT2D eigenvalue weighted by molar-refractivity contribution is 0.138. The van der Waals surface area contributed by atoms with E-state index in [1.807, 2.05) is 12.1 Å². The molecule has 2 heteroatoms. The number of hydrogen-bond acceptors (Lipinski definition) is 2. The summed E-state index contributed by atoms with van der Waals surface area (Å²) >= 11 is 0. The lowest BCUT2D eigenvalue weighted by atomic mass is 9.86. The molecule has 0 saturated heterocycles. The Morgan fingerprint density at radius 2 is 2.17 bits per heavy atom. The van der Waals surface area contributed by atoms with Crippen LogP contribution in [-0.2, 0) is 6.42 Å². The van der Waals surface area contributed by atoms with E-state index >= 15 is 0 Å². The molecule has 0 radical (unpaired) electrons. The highest BCUT2D eigenvalue weighted by molar-refractivity contribution is 5.38. The molecule has 0 aromatic heterocycles. The zero-order valence-electron chi connectivity index (χ0n) is 11.8. The fraction of sp³-hybridized carbons (Fsp3) is 0.625. The fourth-order valence-electron chi connectivity index (χ4n) is 3.14. The van der Waals surface area contributed by atoms with Gasteiger partial charge in [-0.05, 0) is 69.3 Å². The summed E-state index contributed by atoms with van der Waals surface area (Å²) in [7, 11) is 0. The first-order chi connectivity index (χ1) is 8.63. The summed E-state index contributed by atoms with van der Waals surface area (Å²) in [5.41, 5.74) is 2.77. The predicted molar refractivity (Wildman–Crippen MR) is 75.9 cm³/mol. The van der Waals surface area contributed by atoms with Crippen LogP contribution in [0.3, 0.4) is 0 Å².